The summed E-state index contributed by atoms with van der Waals surface area (Å²) in [6.45, 7) is 0. The Balaban J connectivity index is 1.78. The van der Waals surface area contributed by atoms with Gasteiger partial charge in [-0.15, -0.1) is 0 Å². The fraction of sp³-hybridized carbons (Fsp3) is 0. The molecule has 0 radical (unpaired) electrons. The lowest BCUT2D eigenvalue weighted by atomic mass is 10.1. The van der Waals surface area contributed by atoms with Gasteiger partial charge in [0.25, 0.3) is 0 Å². The van der Waals surface area contributed by atoms with Crippen LogP contribution in [0.2, 0.25) is 0 Å². The molecule has 2 heterocycles. The van der Waals surface area contributed by atoms with Crippen molar-refractivity contribution in [3.63, 3.8) is 0 Å². The molecule has 0 saturated heterocycles. The van der Waals surface area contributed by atoms with Crippen LogP contribution < -0.4 is 0 Å². The Kier molecular flexibility index (Phi) is 3.83. The molecular formula is C25H14N4. The van der Waals surface area contributed by atoms with Crippen molar-refractivity contribution >= 4 is 21.8 Å². The van der Waals surface area contributed by atoms with Gasteiger partial charge in [-0.05, 0) is 59.7 Å². The van der Waals surface area contributed by atoms with Crippen LogP contribution in [0.25, 0.3) is 38.6 Å². The molecule has 29 heavy (non-hydrogen) atoms. The molecule has 2 aromatic heterocycles. The maximum atomic E-state index is 9.31. The van der Waals surface area contributed by atoms with Crippen molar-refractivity contribution in [2.75, 3.05) is 0 Å². The van der Waals surface area contributed by atoms with Crippen LogP contribution >= 0.6 is 0 Å². The van der Waals surface area contributed by atoms with E-state index < -0.39 is 0 Å². The maximum absolute atomic E-state index is 9.31. The predicted molar refractivity (Wildman–Crippen MR) is 113 cm³/mol. The fourth-order valence-electron chi connectivity index (χ4n) is 3.82. The zero-order chi connectivity index (χ0) is 19.8. The average molecular weight is 370 g/mol. The fourth-order valence-corrected chi connectivity index (χ4v) is 3.82. The molecular weight excluding hydrogens is 356 g/mol. The summed E-state index contributed by atoms with van der Waals surface area (Å²) >= 11 is 0. The number of nitriles is 2. The number of nitrogens with zero attached hydrogens (tertiary/aromatic N) is 4. The van der Waals surface area contributed by atoms with Crippen molar-refractivity contribution in [3.8, 4) is 29.0 Å². The Morgan fingerprint density at radius 3 is 2.38 bits per heavy atom. The van der Waals surface area contributed by atoms with Crippen LogP contribution in [-0.4, -0.2) is 9.55 Å². The topological polar surface area (TPSA) is 65.4 Å². The number of aromatic nitrogens is 2. The molecule has 5 rings (SSSR count). The molecule has 3 aromatic carbocycles. The highest BCUT2D eigenvalue weighted by Crippen LogP contribution is 2.33. The normalized spacial score (nSPS) is 10.7. The molecule has 0 saturated carbocycles. The number of para-hydroxylation sites is 1. The van der Waals surface area contributed by atoms with E-state index in [1.807, 2.05) is 48.5 Å². The Morgan fingerprint density at radius 1 is 0.690 bits per heavy atom. The van der Waals surface area contributed by atoms with Gasteiger partial charge in [0.1, 0.15) is 11.8 Å². The van der Waals surface area contributed by atoms with Crippen LogP contribution in [0.3, 0.4) is 0 Å². The average Bonchev–Trinajstić information content (AvgIpc) is 3.13. The molecule has 0 aliphatic carbocycles. The highest BCUT2D eigenvalue weighted by Gasteiger charge is 2.13. The number of hydrogen-bond donors (Lipinski definition) is 0. The molecule has 134 valence electrons. The van der Waals surface area contributed by atoms with E-state index in [0.29, 0.717) is 11.3 Å². The quantitative estimate of drug-likeness (QED) is 0.407. The summed E-state index contributed by atoms with van der Waals surface area (Å²) in [6.07, 6.45) is 1.66. The van der Waals surface area contributed by atoms with Crippen LogP contribution in [0, 0.1) is 22.7 Å². The van der Waals surface area contributed by atoms with E-state index in [-0.39, 0.29) is 0 Å². The summed E-state index contributed by atoms with van der Waals surface area (Å²) in [7, 11) is 0. The first-order chi connectivity index (χ1) is 14.3. The number of hydrogen-bond acceptors (Lipinski definition) is 3. The Morgan fingerprint density at radius 2 is 1.52 bits per heavy atom. The van der Waals surface area contributed by atoms with Gasteiger partial charge in [-0.25, -0.2) is 4.98 Å². The van der Waals surface area contributed by atoms with Gasteiger partial charge in [0.05, 0.1) is 22.7 Å². The van der Waals surface area contributed by atoms with E-state index in [1.165, 1.54) is 0 Å². The number of rotatable bonds is 2. The molecule has 0 aliphatic rings. The second-order valence-corrected chi connectivity index (χ2v) is 6.79. The summed E-state index contributed by atoms with van der Waals surface area (Å²) in [4.78, 5) is 4.06. The third-order valence-electron chi connectivity index (χ3n) is 5.11. The summed E-state index contributed by atoms with van der Waals surface area (Å²) in [5.74, 6) is 0. The zero-order valence-electron chi connectivity index (χ0n) is 15.4. The minimum absolute atomic E-state index is 0.397. The van der Waals surface area contributed by atoms with Crippen LogP contribution in [0.5, 0.6) is 0 Å². The first-order valence-corrected chi connectivity index (χ1v) is 9.19. The standard InChI is InChI=1S/C25H14N4/c26-15-17-8-9-25-23(12-17)22-6-1-2-7-24(22)29(25)21-5-3-4-18(14-21)19-10-11-28-20(13-19)16-27/h1-14H. The van der Waals surface area contributed by atoms with Crippen molar-refractivity contribution in [1.29, 1.82) is 10.5 Å². The Hall–Kier alpha value is -4.41. The van der Waals surface area contributed by atoms with Gasteiger partial charge in [-0.3, -0.25) is 0 Å². The van der Waals surface area contributed by atoms with Crippen LogP contribution in [-0.2, 0) is 0 Å². The maximum Gasteiger partial charge on any atom is 0.141 e. The lowest BCUT2D eigenvalue weighted by molar-refractivity contribution is 1.18. The molecule has 0 N–H and O–H groups in total. The summed E-state index contributed by atoms with van der Waals surface area (Å²) in [6, 6.07) is 30.3. The van der Waals surface area contributed by atoms with Gasteiger partial charge in [-0.1, -0.05) is 30.3 Å². The van der Waals surface area contributed by atoms with E-state index >= 15 is 0 Å². The highest BCUT2D eigenvalue weighted by molar-refractivity contribution is 6.09. The van der Waals surface area contributed by atoms with Crippen molar-refractivity contribution in [3.05, 3.63) is 96.3 Å². The SMILES string of the molecule is N#Cc1ccc2c(c1)c1ccccc1n2-c1cccc(-c2ccnc(C#N)c2)c1. The van der Waals surface area contributed by atoms with E-state index in [0.717, 1.165) is 38.6 Å². The number of fused-ring (bicyclic) bond motifs is 3. The molecule has 0 atom stereocenters. The second-order valence-electron chi connectivity index (χ2n) is 6.79. The van der Waals surface area contributed by atoms with E-state index in [4.69, 9.17) is 5.26 Å². The molecule has 0 fully saturated rings. The van der Waals surface area contributed by atoms with Crippen molar-refractivity contribution in [2.45, 2.75) is 0 Å². The molecule has 4 heteroatoms. The lowest BCUT2D eigenvalue weighted by Gasteiger charge is -2.10. The molecule has 5 aromatic rings. The van der Waals surface area contributed by atoms with E-state index in [2.05, 4.69) is 46.0 Å². The molecule has 0 unspecified atom stereocenters. The first-order valence-electron chi connectivity index (χ1n) is 9.19. The van der Waals surface area contributed by atoms with Crippen LogP contribution in [0.15, 0.2) is 85.1 Å². The van der Waals surface area contributed by atoms with Gasteiger partial charge in [0.2, 0.25) is 0 Å². The van der Waals surface area contributed by atoms with Gasteiger partial charge < -0.3 is 4.57 Å². The van der Waals surface area contributed by atoms with Gasteiger partial charge in [0.15, 0.2) is 0 Å². The third-order valence-corrected chi connectivity index (χ3v) is 5.11. The largest absolute Gasteiger partial charge is 0.309 e. The number of benzene rings is 3. The Bertz CT molecular complexity index is 1480. The van der Waals surface area contributed by atoms with E-state index in [9.17, 15) is 5.26 Å². The Labute approximate surface area is 167 Å². The molecule has 0 amide bonds. The monoisotopic (exact) mass is 370 g/mol. The molecule has 0 bridgehead atoms. The predicted octanol–water partition coefficient (Wildman–Crippen LogP) is 5.59. The third kappa shape index (κ3) is 2.72. The van der Waals surface area contributed by atoms with Gasteiger partial charge >= 0.3 is 0 Å². The van der Waals surface area contributed by atoms with E-state index in [1.54, 1.807) is 12.3 Å². The van der Waals surface area contributed by atoms with Crippen LogP contribution in [0.4, 0.5) is 0 Å². The van der Waals surface area contributed by atoms with Crippen molar-refractivity contribution in [2.24, 2.45) is 0 Å². The van der Waals surface area contributed by atoms with Gasteiger partial charge in [0, 0.05) is 22.7 Å². The number of pyridine rings is 1. The minimum Gasteiger partial charge on any atom is -0.309 e. The molecule has 4 nitrogen and oxygen atoms in total. The van der Waals surface area contributed by atoms with Crippen molar-refractivity contribution < 1.29 is 0 Å². The van der Waals surface area contributed by atoms with Crippen LogP contribution in [0.1, 0.15) is 11.3 Å². The summed E-state index contributed by atoms with van der Waals surface area (Å²) < 4.78 is 2.21. The smallest absolute Gasteiger partial charge is 0.141 e. The minimum atomic E-state index is 0.397. The van der Waals surface area contributed by atoms with Gasteiger partial charge in [-0.2, -0.15) is 10.5 Å². The summed E-state index contributed by atoms with van der Waals surface area (Å²) in [5.41, 5.74) is 6.17. The molecule has 0 aliphatic heterocycles. The highest BCUT2D eigenvalue weighted by atomic mass is 15.0. The lowest BCUT2D eigenvalue weighted by Crippen LogP contribution is -1.94. The second kappa shape index (κ2) is 6.64. The summed E-state index contributed by atoms with van der Waals surface area (Å²) in [5, 5.41) is 20.6. The van der Waals surface area contributed by atoms with Crippen molar-refractivity contribution in [1.82, 2.24) is 9.55 Å². The molecule has 0 spiro atoms. The zero-order valence-corrected chi connectivity index (χ0v) is 15.4. The first kappa shape index (κ1) is 16.7.